The Hall–Kier alpha value is -2.49. The predicted molar refractivity (Wildman–Crippen MR) is 99.9 cm³/mol. The van der Waals surface area contributed by atoms with Crippen molar-refractivity contribution < 1.29 is 14.3 Å². The van der Waals surface area contributed by atoms with E-state index in [2.05, 4.69) is 36.5 Å². The number of hydrogen-bond donors (Lipinski definition) is 1. The zero-order valence-corrected chi connectivity index (χ0v) is 15.2. The summed E-state index contributed by atoms with van der Waals surface area (Å²) in [6.07, 6.45) is 2.54. The Labute approximate surface area is 150 Å². The second kappa shape index (κ2) is 9.72. The van der Waals surface area contributed by atoms with Crippen LogP contribution in [0.25, 0.3) is 0 Å². The smallest absolute Gasteiger partial charge is 0.220 e. The van der Waals surface area contributed by atoms with Crippen LogP contribution in [0.2, 0.25) is 0 Å². The number of carbonyl (C=O) groups is 1. The first kappa shape index (κ1) is 18.8. The van der Waals surface area contributed by atoms with Gasteiger partial charge in [-0.25, -0.2) is 0 Å². The van der Waals surface area contributed by atoms with Crippen LogP contribution in [0.15, 0.2) is 48.5 Å². The van der Waals surface area contributed by atoms with E-state index in [1.807, 2.05) is 24.3 Å². The lowest BCUT2D eigenvalue weighted by Gasteiger charge is -2.13. The van der Waals surface area contributed by atoms with E-state index in [9.17, 15) is 4.79 Å². The number of aryl methyl sites for hydroxylation is 1. The molecule has 4 heteroatoms. The largest absolute Gasteiger partial charge is 0.497 e. The van der Waals surface area contributed by atoms with Gasteiger partial charge in [0.25, 0.3) is 0 Å². The highest BCUT2D eigenvalue weighted by Gasteiger charge is 2.11. The highest BCUT2D eigenvalue weighted by Crippen LogP contribution is 2.24. The first-order valence-electron chi connectivity index (χ1n) is 8.64. The maximum atomic E-state index is 12.2. The zero-order chi connectivity index (χ0) is 18.1. The van der Waals surface area contributed by atoms with E-state index in [0.29, 0.717) is 18.9 Å². The van der Waals surface area contributed by atoms with Gasteiger partial charge in [0.2, 0.25) is 5.91 Å². The summed E-state index contributed by atoms with van der Waals surface area (Å²) in [5.41, 5.74) is 2.26. The minimum Gasteiger partial charge on any atom is -0.497 e. The molecular formula is C21H27NO3. The van der Waals surface area contributed by atoms with Crippen molar-refractivity contribution in [1.29, 1.82) is 0 Å². The third-order valence-corrected chi connectivity index (χ3v) is 4.27. The van der Waals surface area contributed by atoms with Crippen LogP contribution < -0.4 is 14.8 Å². The molecule has 0 fully saturated rings. The molecule has 0 saturated carbocycles. The average Bonchev–Trinajstić information content (AvgIpc) is 2.65. The van der Waals surface area contributed by atoms with Crippen LogP contribution in [0.1, 0.15) is 30.9 Å². The highest BCUT2D eigenvalue weighted by molar-refractivity contribution is 5.76. The Bertz CT molecular complexity index is 670. The van der Waals surface area contributed by atoms with Gasteiger partial charge in [0, 0.05) is 24.6 Å². The van der Waals surface area contributed by atoms with E-state index in [-0.39, 0.29) is 5.91 Å². The van der Waals surface area contributed by atoms with Gasteiger partial charge >= 0.3 is 0 Å². The third-order valence-electron chi connectivity index (χ3n) is 4.27. The van der Waals surface area contributed by atoms with Gasteiger partial charge in [-0.15, -0.1) is 0 Å². The maximum absolute atomic E-state index is 12.2. The lowest BCUT2D eigenvalue weighted by molar-refractivity contribution is -0.122. The van der Waals surface area contributed by atoms with E-state index in [0.717, 1.165) is 29.9 Å². The molecule has 1 unspecified atom stereocenters. The zero-order valence-electron chi connectivity index (χ0n) is 15.2. The van der Waals surface area contributed by atoms with Crippen molar-refractivity contribution in [2.75, 3.05) is 14.2 Å². The monoisotopic (exact) mass is 341 g/mol. The number of rotatable bonds is 9. The fourth-order valence-electron chi connectivity index (χ4n) is 2.74. The van der Waals surface area contributed by atoms with Crippen molar-refractivity contribution in [3.8, 4) is 11.5 Å². The Morgan fingerprint density at radius 1 is 1.08 bits per heavy atom. The molecule has 1 amide bonds. The molecule has 1 N–H and O–H groups in total. The Morgan fingerprint density at radius 2 is 1.84 bits per heavy atom. The van der Waals surface area contributed by atoms with Crippen molar-refractivity contribution in [3.63, 3.8) is 0 Å². The first-order valence-corrected chi connectivity index (χ1v) is 8.64. The molecule has 0 bridgehead atoms. The number of amides is 1. The van der Waals surface area contributed by atoms with Gasteiger partial charge in [0.05, 0.1) is 14.2 Å². The molecular weight excluding hydrogens is 314 g/mol. The van der Waals surface area contributed by atoms with Crippen molar-refractivity contribution in [2.45, 2.75) is 32.7 Å². The van der Waals surface area contributed by atoms with E-state index >= 15 is 0 Å². The summed E-state index contributed by atoms with van der Waals surface area (Å²) < 4.78 is 10.5. The SMILES string of the molecule is COc1ccc(CNC(=O)CC(C)CCc2ccccc2)c(OC)c1. The molecule has 0 aromatic heterocycles. The van der Waals surface area contributed by atoms with Crippen LogP contribution in [0.3, 0.4) is 0 Å². The molecule has 0 heterocycles. The lowest BCUT2D eigenvalue weighted by atomic mass is 9.98. The molecule has 134 valence electrons. The minimum absolute atomic E-state index is 0.0680. The van der Waals surface area contributed by atoms with E-state index in [1.165, 1.54) is 5.56 Å². The quantitative estimate of drug-likeness (QED) is 0.750. The second-order valence-electron chi connectivity index (χ2n) is 6.29. The summed E-state index contributed by atoms with van der Waals surface area (Å²) in [6.45, 7) is 2.58. The van der Waals surface area contributed by atoms with Crippen LogP contribution in [-0.4, -0.2) is 20.1 Å². The van der Waals surface area contributed by atoms with Crippen molar-refractivity contribution in [2.24, 2.45) is 5.92 Å². The minimum atomic E-state index is 0.0680. The standard InChI is InChI=1S/C21H27NO3/c1-16(9-10-17-7-5-4-6-8-17)13-21(23)22-15-18-11-12-19(24-2)14-20(18)25-3/h4-8,11-12,14,16H,9-10,13,15H2,1-3H3,(H,22,23). The van der Waals surface area contributed by atoms with E-state index in [4.69, 9.17) is 9.47 Å². The van der Waals surface area contributed by atoms with Crippen LogP contribution >= 0.6 is 0 Å². The second-order valence-corrected chi connectivity index (χ2v) is 6.29. The van der Waals surface area contributed by atoms with Crippen LogP contribution in [0.5, 0.6) is 11.5 Å². The Kier molecular flexibility index (Phi) is 7.33. The van der Waals surface area contributed by atoms with Crippen LogP contribution in [0, 0.1) is 5.92 Å². The number of methoxy groups -OCH3 is 2. The predicted octanol–water partition coefficient (Wildman–Crippen LogP) is 3.98. The fourth-order valence-corrected chi connectivity index (χ4v) is 2.74. The van der Waals surface area contributed by atoms with Crippen molar-refractivity contribution in [3.05, 3.63) is 59.7 Å². The summed E-state index contributed by atoms with van der Waals surface area (Å²) in [6, 6.07) is 16.0. The van der Waals surface area contributed by atoms with Crippen molar-refractivity contribution in [1.82, 2.24) is 5.32 Å². The molecule has 0 aliphatic carbocycles. The summed E-state index contributed by atoms with van der Waals surface area (Å²) >= 11 is 0. The summed E-state index contributed by atoms with van der Waals surface area (Å²) in [7, 11) is 3.23. The number of hydrogen-bond acceptors (Lipinski definition) is 3. The topological polar surface area (TPSA) is 47.6 Å². The number of ether oxygens (including phenoxy) is 2. The molecule has 0 spiro atoms. The summed E-state index contributed by atoms with van der Waals surface area (Å²) in [4.78, 5) is 12.2. The summed E-state index contributed by atoms with van der Waals surface area (Å²) in [5.74, 6) is 1.87. The molecule has 25 heavy (non-hydrogen) atoms. The number of benzene rings is 2. The van der Waals surface area contributed by atoms with E-state index in [1.54, 1.807) is 14.2 Å². The van der Waals surface area contributed by atoms with Gasteiger partial charge in [0.1, 0.15) is 11.5 Å². The van der Waals surface area contributed by atoms with Gasteiger partial charge in [-0.3, -0.25) is 4.79 Å². The fraction of sp³-hybridized carbons (Fsp3) is 0.381. The van der Waals surface area contributed by atoms with Gasteiger partial charge in [-0.1, -0.05) is 37.3 Å². The Balaban J connectivity index is 1.78. The van der Waals surface area contributed by atoms with Crippen LogP contribution in [0.4, 0.5) is 0 Å². The number of carbonyl (C=O) groups excluding carboxylic acids is 1. The molecule has 1 atom stereocenters. The Morgan fingerprint density at radius 3 is 2.52 bits per heavy atom. The highest BCUT2D eigenvalue weighted by atomic mass is 16.5. The van der Waals surface area contributed by atoms with E-state index < -0.39 is 0 Å². The molecule has 0 aliphatic heterocycles. The molecule has 0 radical (unpaired) electrons. The average molecular weight is 341 g/mol. The summed E-state index contributed by atoms with van der Waals surface area (Å²) in [5, 5.41) is 2.98. The molecule has 0 aliphatic rings. The molecule has 2 aromatic rings. The third kappa shape index (κ3) is 6.14. The molecule has 2 rings (SSSR count). The first-order chi connectivity index (χ1) is 12.1. The maximum Gasteiger partial charge on any atom is 0.220 e. The molecule has 0 saturated heterocycles. The van der Waals surface area contributed by atoms with Crippen molar-refractivity contribution >= 4 is 5.91 Å². The van der Waals surface area contributed by atoms with Gasteiger partial charge in [0.15, 0.2) is 0 Å². The normalized spacial score (nSPS) is 11.6. The van der Waals surface area contributed by atoms with Gasteiger partial charge in [-0.05, 0) is 36.5 Å². The van der Waals surface area contributed by atoms with Crippen LogP contribution in [-0.2, 0) is 17.8 Å². The lowest BCUT2D eigenvalue weighted by Crippen LogP contribution is -2.24. The number of nitrogens with one attached hydrogen (secondary N) is 1. The van der Waals surface area contributed by atoms with Gasteiger partial charge < -0.3 is 14.8 Å². The molecule has 4 nitrogen and oxygen atoms in total. The van der Waals surface area contributed by atoms with Gasteiger partial charge in [-0.2, -0.15) is 0 Å². The molecule has 2 aromatic carbocycles.